The van der Waals surface area contributed by atoms with Gasteiger partial charge in [-0.1, -0.05) is 71.7 Å². The van der Waals surface area contributed by atoms with Crippen LogP contribution in [0.4, 0.5) is 0 Å². The predicted octanol–water partition coefficient (Wildman–Crippen LogP) is 7.20. The Hall–Kier alpha value is -2.94. The average Bonchev–Trinajstić information content (AvgIpc) is 2.85. The van der Waals surface area contributed by atoms with Gasteiger partial charge in [0.1, 0.15) is 11.5 Å². The van der Waals surface area contributed by atoms with Crippen LogP contribution in [-0.2, 0) is 5.41 Å². The first kappa shape index (κ1) is 19.7. The first-order valence-electron chi connectivity index (χ1n) is 10.5. The second kappa shape index (κ2) is 7.03. The Bertz CT molecular complexity index is 1320. The standard InChI is InChI=1S/C28H20Cl2O2/c1-31-17-13-16(14-18(15-17)32-2)28-21-9-5-3-7-19(21)25(20-8-4-6-10-22(20)28)26-23(29)11-12-24(30)27(26)28/h3-15,25H,1-2H3. The van der Waals surface area contributed by atoms with Gasteiger partial charge in [0.15, 0.2) is 0 Å². The van der Waals surface area contributed by atoms with Crippen LogP contribution >= 0.6 is 23.2 Å². The molecular weight excluding hydrogens is 439 g/mol. The highest BCUT2D eigenvalue weighted by Crippen LogP contribution is 2.64. The van der Waals surface area contributed by atoms with E-state index in [0.717, 1.165) is 33.2 Å². The maximum absolute atomic E-state index is 7.01. The van der Waals surface area contributed by atoms with E-state index in [1.165, 1.54) is 22.3 Å². The highest BCUT2D eigenvalue weighted by molar-refractivity contribution is 6.35. The fourth-order valence-corrected chi connectivity index (χ4v) is 6.36. The van der Waals surface area contributed by atoms with Crippen molar-refractivity contribution in [3.63, 3.8) is 0 Å². The Morgan fingerprint density at radius 1 is 0.688 bits per heavy atom. The number of hydrogen-bond donors (Lipinski definition) is 0. The second-order valence-electron chi connectivity index (χ2n) is 8.28. The summed E-state index contributed by atoms with van der Waals surface area (Å²) < 4.78 is 11.3. The quantitative estimate of drug-likeness (QED) is 0.279. The van der Waals surface area contributed by atoms with Crippen molar-refractivity contribution in [2.75, 3.05) is 14.2 Å². The number of methoxy groups -OCH3 is 2. The SMILES string of the molecule is COc1cc(OC)cc(C23c4ccccc4C(c4ccccc42)c2c(Cl)ccc(Cl)c23)c1. The summed E-state index contributed by atoms with van der Waals surface area (Å²) >= 11 is 13.9. The van der Waals surface area contributed by atoms with E-state index in [9.17, 15) is 0 Å². The van der Waals surface area contributed by atoms with Crippen LogP contribution in [0.2, 0.25) is 10.0 Å². The van der Waals surface area contributed by atoms with Crippen molar-refractivity contribution < 1.29 is 9.47 Å². The molecule has 2 nitrogen and oxygen atoms in total. The first-order valence-corrected chi connectivity index (χ1v) is 11.3. The third-order valence-corrected chi connectivity index (χ3v) is 7.59. The van der Waals surface area contributed by atoms with Gasteiger partial charge in [0.25, 0.3) is 0 Å². The number of hydrogen-bond acceptors (Lipinski definition) is 2. The highest BCUT2D eigenvalue weighted by atomic mass is 35.5. The molecule has 3 aliphatic rings. The molecule has 158 valence electrons. The highest BCUT2D eigenvalue weighted by Gasteiger charge is 2.54. The molecule has 0 saturated carbocycles. The molecule has 0 aromatic heterocycles. The van der Waals surface area contributed by atoms with Gasteiger partial charge in [-0.3, -0.25) is 0 Å². The van der Waals surface area contributed by atoms with Crippen molar-refractivity contribution >= 4 is 23.2 Å². The zero-order valence-corrected chi connectivity index (χ0v) is 19.2. The van der Waals surface area contributed by atoms with Gasteiger partial charge >= 0.3 is 0 Å². The van der Waals surface area contributed by atoms with Crippen LogP contribution < -0.4 is 9.47 Å². The van der Waals surface area contributed by atoms with Crippen LogP contribution in [0.5, 0.6) is 11.5 Å². The minimum Gasteiger partial charge on any atom is -0.497 e. The lowest BCUT2D eigenvalue weighted by Crippen LogP contribution is -2.43. The molecule has 0 fully saturated rings. The first-order chi connectivity index (χ1) is 15.6. The molecule has 2 bridgehead atoms. The van der Waals surface area contributed by atoms with Gasteiger partial charge in [-0.25, -0.2) is 0 Å². The lowest BCUT2D eigenvalue weighted by Gasteiger charge is -2.51. The molecule has 4 heteroatoms. The molecule has 0 unspecified atom stereocenters. The second-order valence-corrected chi connectivity index (χ2v) is 9.09. The normalized spacial score (nSPS) is 19.7. The van der Waals surface area contributed by atoms with Crippen LogP contribution in [-0.4, -0.2) is 14.2 Å². The topological polar surface area (TPSA) is 18.5 Å². The van der Waals surface area contributed by atoms with Crippen LogP contribution in [0, 0.1) is 0 Å². The molecule has 0 saturated heterocycles. The summed E-state index contributed by atoms with van der Waals surface area (Å²) in [5, 5.41) is 1.44. The third-order valence-electron chi connectivity index (χ3n) is 6.94. The molecule has 0 heterocycles. The fraction of sp³-hybridized carbons (Fsp3) is 0.143. The van der Waals surface area contributed by atoms with Crippen molar-refractivity contribution in [2.24, 2.45) is 0 Å². The Labute approximate surface area is 197 Å². The van der Waals surface area contributed by atoms with Crippen LogP contribution in [0.3, 0.4) is 0 Å². The van der Waals surface area contributed by atoms with Crippen LogP contribution in [0.25, 0.3) is 0 Å². The third kappa shape index (κ3) is 2.37. The van der Waals surface area contributed by atoms with Crippen LogP contribution in [0.15, 0.2) is 78.9 Å². The molecule has 4 aromatic carbocycles. The predicted molar refractivity (Wildman–Crippen MR) is 129 cm³/mol. The smallest absolute Gasteiger partial charge is 0.122 e. The summed E-state index contributed by atoms with van der Waals surface area (Å²) in [6, 6.07) is 27.1. The van der Waals surface area contributed by atoms with E-state index < -0.39 is 5.41 Å². The van der Waals surface area contributed by atoms with Crippen molar-refractivity contribution in [1.82, 2.24) is 0 Å². The molecule has 0 atom stereocenters. The van der Waals surface area contributed by atoms with Crippen molar-refractivity contribution in [2.45, 2.75) is 11.3 Å². The molecular formula is C28H20Cl2O2. The maximum Gasteiger partial charge on any atom is 0.122 e. The molecule has 0 radical (unpaired) electrons. The molecule has 0 amide bonds. The van der Waals surface area contributed by atoms with E-state index in [1.54, 1.807) is 14.2 Å². The van der Waals surface area contributed by atoms with E-state index in [2.05, 4.69) is 60.7 Å². The van der Waals surface area contributed by atoms with Gasteiger partial charge < -0.3 is 9.47 Å². The van der Waals surface area contributed by atoms with Crippen LogP contribution in [0.1, 0.15) is 44.9 Å². The van der Waals surface area contributed by atoms with Gasteiger partial charge in [0, 0.05) is 22.0 Å². The summed E-state index contributed by atoms with van der Waals surface area (Å²) in [6.45, 7) is 0. The van der Waals surface area contributed by atoms with E-state index in [1.807, 2.05) is 18.2 Å². The fourth-order valence-electron chi connectivity index (χ4n) is 5.78. The Morgan fingerprint density at radius 2 is 1.22 bits per heavy atom. The van der Waals surface area contributed by atoms with E-state index >= 15 is 0 Å². The van der Waals surface area contributed by atoms with E-state index in [0.29, 0.717) is 5.02 Å². The van der Waals surface area contributed by atoms with Gasteiger partial charge in [0.05, 0.1) is 19.6 Å². The Kier molecular flexibility index (Phi) is 4.33. The lowest BCUT2D eigenvalue weighted by molar-refractivity contribution is 0.392. The number of halogens is 2. The number of benzene rings is 4. The summed E-state index contributed by atoms with van der Waals surface area (Å²) in [5.41, 5.74) is 7.47. The van der Waals surface area contributed by atoms with Gasteiger partial charge in [-0.2, -0.15) is 0 Å². The summed E-state index contributed by atoms with van der Waals surface area (Å²) in [7, 11) is 3.35. The number of ether oxygens (including phenoxy) is 2. The zero-order valence-electron chi connectivity index (χ0n) is 17.7. The molecule has 32 heavy (non-hydrogen) atoms. The Morgan fingerprint density at radius 3 is 1.78 bits per heavy atom. The summed E-state index contributed by atoms with van der Waals surface area (Å²) in [5.74, 6) is 1.50. The minimum atomic E-state index is -0.638. The largest absolute Gasteiger partial charge is 0.497 e. The average molecular weight is 459 g/mol. The Balaban J connectivity index is 1.87. The van der Waals surface area contributed by atoms with Crippen molar-refractivity contribution in [1.29, 1.82) is 0 Å². The zero-order chi connectivity index (χ0) is 22.0. The monoisotopic (exact) mass is 458 g/mol. The minimum absolute atomic E-state index is 0.0398. The molecule has 7 rings (SSSR count). The molecule has 0 aliphatic heterocycles. The molecule has 0 N–H and O–H groups in total. The lowest BCUT2D eigenvalue weighted by atomic mass is 9.51. The molecule has 0 spiro atoms. The summed E-state index contributed by atoms with van der Waals surface area (Å²) in [6.07, 6.45) is 0. The van der Waals surface area contributed by atoms with Gasteiger partial charge in [-0.05, 0) is 63.2 Å². The van der Waals surface area contributed by atoms with E-state index in [4.69, 9.17) is 32.7 Å². The van der Waals surface area contributed by atoms with Gasteiger partial charge in [-0.15, -0.1) is 0 Å². The van der Waals surface area contributed by atoms with Crippen molar-refractivity contribution in [3.05, 3.63) is 128 Å². The van der Waals surface area contributed by atoms with Gasteiger partial charge in [0.2, 0.25) is 0 Å². The summed E-state index contributed by atoms with van der Waals surface area (Å²) in [4.78, 5) is 0. The number of rotatable bonds is 3. The molecule has 4 aromatic rings. The van der Waals surface area contributed by atoms with E-state index in [-0.39, 0.29) is 5.92 Å². The van der Waals surface area contributed by atoms with Crippen molar-refractivity contribution in [3.8, 4) is 11.5 Å². The molecule has 3 aliphatic carbocycles. The maximum atomic E-state index is 7.01.